The van der Waals surface area contributed by atoms with Gasteiger partial charge in [0.2, 0.25) is 0 Å². The smallest absolute Gasteiger partial charge is 0.344 e. The molecule has 2 aromatic rings. The van der Waals surface area contributed by atoms with Crippen LogP contribution in [0, 0.1) is 5.82 Å². The molecule has 2 aromatic carbocycles. The van der Waals surface area contributed by atoms with E-state index in [1.54, 1.807) is 32.0 Å². The summed E-state index contributed by atoms with van der Waals surface area (Å²) in [5.74, 6) is -2.19. The Morgan fingerprint density at radius 2 is 1.91 bits per heavy atom. The second-order valence-corrected chi connectivity index (χ2v) is 8.01. The van der Waals surface area contributed by atoms with Crippen LogP contribution in [0.5, 0.6) is 11.5 Å². The van der Waals surface area contributed by atoms with Crippen LogP contribution >= 0.6 is 28.1 Å². The first kappa shape index (κ1) is 25.3. The largest absolute Gasteiger partial charge is 0.490 e. The van der Waals surface area contributed by atoms with Crippen molar-refractivity contribution in [2.45, 2.75) is 13.8 Å². The van der Waals surface area contributed by atoms with Gasteiger partial charge in [-0.1, -0.05) is 12.1 Å². The molecule has 1 N–H and O–H groups in total. The first-order valence-corrected chi connectivity index (χ1v) is 11.4. The first-order valence-electron chi connectivity index (χ1n) is 10.2. The zero-order valence-electron chi connectivity index (χ0n) is 18.2. The molecule has 1 aliphatic rings. The van der Waals surface area contributed by atoms with Crippen LogP contribution < -0.4 is 19.7 Å². The van der Waals surface area contributed by atoms with Gasteiger partial charge in [-0.05, 0) is 77.9 Å². The molecule has 11 heteroatoms. The second kappa shape index (κ2) is 11.2. The first-order chi connectivity index (χ1) is 16.3. The summed E-state index contributed by atoms with van der Waals surface area (Å²) in [6.45, 7) is 3.63. The fraction of sp³-hybridized carbons (Fsp3) is 0.217. The van der Waals surface area contributed by atoms with Gasteiger partial charge in [0, 0.05) is 0 Å². The number of ether oxygens (including phenoxy) is 3. The van der Waals surface area contributed by atoms with Crippen LogP contribution in [-0.4, -0.2) is 42.7 Å². The number of benzene rings is 2. The van der Waals surface area contributed by atoms with Crippen molar-refractivity contribution < 1.29 is 33.0 Å². The van der Waals surface area contributed by atoms with Crippen LogP contribution in [0.1, 0.15) is 19.4 Å². The molecule has 0 bridgehead atoms. The Labute approximate surface area is 208 Å². The molecule has 1 heterocycles. The van der Waals surface area contributed by atoms with Crippen LogP contribution in [0.3, 0.4) is 0 Å². The number of para-hydroxylation sites is 1. The molecule has 0 unspecified atom stereocenters. The van der Waals surface area contributed by atoms with Crippen molar-refractivity contribution in [3.63, 3.8) is 0 Å². The highest BCUT2D eigenvalue weighted by Crippen LogP contribution is 2.38. The lowest BCUT2D eigenvalue weighted by molar-refractivity contribution is -0.145. The van der Waals surface area contributed by atoms with Crippen molar-refractivity contribution in [1.82, 2.24) is 5.32 Å². The molecule has 1 aliphatic heterocycles. The highest BCUT2D eigenvalue weighted by molar-refractivity contribution is 9.10. The van der Waals surface area contributed by atoms with Gasteiger partial charge in [0.15, 0.2) is 23.2 Å². The molecule has 0 aromatic heterocycles. The fourth-order valence-electron chi connectivity index (χ4n) is 3.08. The highest BCUT2D eigenvalue weighted by atomic mass is 79.9. The zero-order chi connectivity index (χ0) is 24.8. The van der Waals surface area contributed by atoms with Crippen molar-refractivity contribution in [3.8, 4) is 11.5 Å². The fourth-order valence-corrected chi connectivity index (χ4v) is 3.93. The van der Waals surface area contributed by atoms with E-state index in [0.717, 1.165) is 4.90 Å². The number of anilines is 1. The topological polar surface area (TPSA) is 94.2 Å². The van der Waals surface area contributed by atoms with E-state index in [1.807, 2.05) is 0 Å². The van der Waals surface area contributed by atoms with Crippen molar-refractivity contribution >= 4 is 62.8 Å². The number of amides is 2. The maximum atomic E-state index is 14.3. The third kappa shape index (κ3) is 5.60. The Hall–Kier alpha value is -3.31. The molecule has 34 heavy (non-hydrogen) atoms. The van der Waals surface area contributed by atoms with E-state index in [9.17, 15) is 18.8 Å². The molecule has 8 nitrogen and oxygen atoms in total. The molecule has 0 aliphatic carbocycles. The number of halogens is 2. The zero-order valence-corrected chi connectivity index (χ0v) is 20.6. The molecule has 178 valence electrons. The molecule has 1 fully saturated rings. The molecule has 3 rings (SSSR count). The van der Waals surface area contributed by atoms with Gasteiger partial charge in [-0.15, -0.1) is 0 Å². The number of thiocarbonyl (C=S) groups is 1. The van der Waals surface area contributed by atoms with Crippen molar-refractivity contribution in [2.75, 3.05) is 24.7 Å². The van der Waals surface area contributed by atoms with Crippen molar-refractivity contribution in [1.29, 1.82) is 0 Å². The predicted molar refractivity (Wildman–Crippen MR) is 130 cm³/mol. The highest BCUT2D eigenvalue weighted by Gasteiger charge is 2.35. The minimum Gasteiger partial charge on any atom is -0.490 e. The summed E-state index contributed by atoms with van der Waals surface area (Å²) in [5.41, 5.74) is 0.0762. The number of esters is 1. The van der Waals surface area contributed by atoms with E-state index in [0.29, 0.717) is 10.0 Å². The van der Waals surface area contributed by atoms with Gasteiger partial charge in [-0.3, -0.25) is 14.9 Å². The summed E-state index contributed by atoms with van der Waals surface area (Å²) in [6.07, 6.45) is 1.33. The van der Waals surface area contributed by atoms with Crippen molar-refractivity contribution in [2.24, 2.45) is 0 Å². The Balaban J connectivity index is 1.97. The number of nitrogens with zero attached hydrogens (tertiary/aromatic N) is 1. The van der Waals surface area contributed by atoms with Crippen LogP contribution in [-0.2, 0) is 19.1 Å². The predicted octanol–water partition coefficient (Wildman–Crippen LogP) is 3.76. The van der Waals surface area contributed by atoms with E-state index in [1.165, 1.54) is 24.3 Å². The molecule has 2 amide bonds. The third-order valence-electron chi connectivity index (χ3n) is 4.48. The van der Waals surface area contributed by atoms with Crippen LogP contribution in [0.25, 0.3) is 6.08 Å². The lowest BCUT2D eigenvalue weighted by Crippen LogP contribution is -2.54. The summed E-state index contributed by atoms with van der Waals surface area (Å²) in [6, 6.07) is 8.72. The Morgan fingerprint density at radius 3 is 2.59 bits per heavy atom. The normalized spacial score (nSPS) is 14.8. The number of carbonyl (C=O) groups excluding carboxylic acids is 3. The van der Waals surface area contributed by atoms with Gasteiger partial charge >= 0.3 is 5.97 Å². The maximum absolute atomic E-state index is 14.3. The summed E-state index contributed by atoms with van der Waals surface area (Å²) in [7, 11) is 0. The number of hydrogen-bond acceptors (Lipinski definition) is 7. The van der Waals surface area contributed by atoms with E-state index < -0.39 is 23.6 Å². The average Bonchev–Trinajstić information content (AvgIpc) is 2.77. The van der Waals surface area contributed by atoms with Crippen molar-refractivity contribution in [3.05, 3.63) is 57.8 Å². The molecular weight excluding hydrogens is 531 g/mol. The Kier molecular flexibility index (Phi) is 8.35. The third-order valence-corrected chi connectivity index (χ3v) is 5.35. The average molecular weight is 551 g/mol. The lowest BCUT2D eigenvalue weighted by Gasteiger charge is -2.29. The van der Waals surface area contributed by atoms with Crippen LogP contribution in [0.15, 0.2) is 46.4 Å². The summed E-state index contributed by atoms with van der Waals surface area (Å²) >= 11 is 8.47. The molecule has 0 radical (unpaired) electrons. The molecule has 0 spiro atoms. The van der Waals surface area contributed by atoms with Gasteiger partial charge in [-0.25, -0.2) is 14.1 Å². The number of nitrogens with one attached hydrogen (secondary N) is 1. The summed E-state index contributed by atoms with van der Waals surface area (Å²) < 4.78 is 30.8. The standard InChI is InChI=1S/C23H20BrFN2O6S/c1-3-31-18-11-13(10-15(24)20(18)33-12-19(28)32-4-2)9-14-21(29)26-23(34)27(22(14)30)17-8-6-5-7-16(17)25/h5-11H,3-4,12H2,1-2H3,(H,26,29,34)/b14-9+. The maximum Gasteiger partial charge on any atom is 0.344 e. The van der Waals surface area contributed by atoms with E-state index in [4.69, 9.17) is 26.4 Å². The van der Waals surface area contributed by atoms with Crippen LogP contribution in [0.4, 0.5) is 10.1 Å². The quantitative estimate of drug-likeness (QED) is 0.231. The molecule has 1 saturated heterocycles. The lowest BCUT2D eigenvalue weighted by atomic mass is 10.1. The van der Waals surface area contributed by atoms with Gasteiger partial charge in [0.25, 0.3) is 11.8 Å². The van der Waals surface area contributed by atoms with Gasteiger partial charge in [-0.2, -0.15) is 0 Å². The molecule has 0 atom stereocenters. The number of rotatable bonds is 8. The Bertz CT molecular complexity index is 1190. The summed E-state index contributed by atoms with van der Waals surface area (Å²) in [4.78, 5) is 38.3. The van der Waals surface area contributed by atoms with Gasteiger partial charge < -0.3 is 14.2 Å². The van der Waals surface area contributed by atoms with E-state index >= 15 is 0 Å². The molecular formula is C23H20BrFN2O6S. The van der Waals surface area contributed by atoms with E-state index in [-0.39, 0.29) is 47.7 Å². The van der Waals surface area contributed by atoms with E-state index in [2.05, 4.69) is 21.2 Å². The monoisotopic (exact) mass is 550 g/mol. The minimum atomic E-state index is -0.782. The second-order valence-electron chi connectivity index (χ2n) is 6.77. The number of hydrogen-bond donors (Lipinski definition) is 1. The Morgan fingerprint density at radius 1 is 1.18 bits per heavy atom. The molecule has 0 saturated carbocycles. The van der Waals surface area contributed by atoms with Gasteiger partial charge in [0.05, 0.1) is 23.4 Å². The van der Waals surface area contributed by atoms with Crippen LogP contribution in [0.2, 0.25) is 0 Å². The summed E-state index contributed by atoms with van der Waals surface area (Å²) in [5, 5.41) is 2.18. The SMILES string of the molecule is CCOC(=O)COc1c(Br)cc(/C=C2\C(=O)NC(=S)N(c3ccccc3F)C2=O)cc1OCC. The number of carbonyl (C=O) groups is 3. The minimum absolute atomic E-state index is 0.0812. The van der Waals surface area contributed by atoms with Gasteiger partial charge in [0.1, 0.15) is 11.4 Å².